The van der Waals surface area contributed by atoms with Crippen molar-refractivity contribution in [2.24, 2.45) is 0 Å². The normalized spacial score (nSPS) is 13.5. The Morgan fingerprint density at radius 1 is 1.35 bits per heavy atom. The molecule has 0 bridgehead atoms. The van der Waals surface area contributed by atoms with E-state index in [1.165, 1.54) is 29.2 Å². The van der Waals surface area contributed by atoms with Gasteiger partial charge in [0.15, 0.2) is 4.34 Å². The molecule has 6 nitrogen and oxygen atoms in total. The highest BCUT2D eigenvalue weighted by Crippen LogP contribution is 2.36. The van der Waals surface area contributed by atoms with Gasteiger partial charge in [0.1, 0.15) is 5.82 Å². The van der Waals surface area contributed by atoms with Gasteiger partial charge in [0.2, 0.25) is 16.9 Å². The van der Waals surface area contributed by atoms with E-state index in [9.17, 15) is 14.0 Å². The van der Waals surface area contributed by atoms with Crippen molar-refractivity contribution in [1.29, 1.82) is 0 Å². The third kappa shape index (κ3) is 4.79. The molecule has 1 aliphatic carbocycles. The molecule has 0 spiro atoms. The minimum atomic E-state index is -0.338. The lowest BCUT2D eigenvalue weighted by molar-refractivity contribution is -0.119. The van der Waals surface area contributed by atoms with Crippen LogP contribution >= 0.6 is 23.1 Å². The fourth-order valence-corrected chi connectivity index (χ4v) is 4.10. The van der Waals surface area contributed by atoms with Gasteiger partial charge in [0, 0.05) is 24.6 Å². The third-order valence-electron chi connectivity index (χ3n) is 3.85. The van der Waals surface area contributed by atoms with E-state index < -0.39 is 0 Å². The van der Waals surface area contributed by atoms with Gasteiger partial charge in [-0.15, -0.1) is 10.2 Å². The average Bonchev–Trinajstić information content (AvgIpc) is 3.36. The maximum Gasteiger partial charge on any atom is 0.230 e. The van der Waals surface area contributed by atoms with Gasteiger partial charge in [-0.05, 0) is 18.9 Å². The van der Waals surface area contributed by atoms with Crippen LogP contribution in [-0.4, -0.2) is 33.8 Å². The van der Waals surface area contributed by atoms with Gasteiger partial charge < -0.3 is 5.32 Å². The van der Waals surface area contributed by atoms with E-state index in [1.807, 2.05) is 6.92 Å². The average molecular weight is 394 g/mol. The van der Waals surface area contributed by atoms with Gasteiger partial charge in [-0.3, -0.25) is 14.5 Å². The highest BCUT2D eigenvalue weighted by Gasteiger charge is 2.35. The quantitative estimate of drug-likeness (QED) is 0.550. The summed E-state index contributed by atoms with van der Waals surface area (Å²) in [5.41, 5.74) is 0.446. The Balaban J connectivity index is 1.50. The molecule has 1 aromatic carbocycles. The number of hydrogen-bond acceptors (Lipinski definition) is 6. The van der Waals surface area contributed by atoms with Gasteiger partial charge in [-0.1, -0.05) is 48.2 Å². The summed E-state index contributed by atoms with van der Waals surface area (Å²) >= 11 is 2.58. The summed E-state index contributed by atoms with van der Waals surface area (Å²) in [5.74, 6) is -0.342. The van der Waals surface area contributed by atoms with Crippen molar-refractivity contribution < 1.29 is 14.0 Å². The molecule has 1 aliphatic rings. The fourth-order valence-electron chi connectivity index (χ4n) is 2.34. The summed E-state index contributed by atoms with van der Waals surface area (Å²) in [6.07, 6.45) is 2.41. The van der Waals surface area contributed by atoms with Crippen molar-refractivity contribution in [1.82, 2.24) is 15.5 Å². The molecule has 2 amide bonds. The molecule has 2 aromatic rings. The Morgan fingerprint density at radius 2 is 2.12 bits per heavy atom. The standard InChI is InChI=1S/C17H19FN4O2S2/c1-2-15(24)22(12-7-8-12)16-20-21-17(26-16)25-10-14(23)19-9-11-5-3-4-6-13(11)18/h3-6,12H,2,7-10H2,1H3,(H,19,23). The van der Waals surface area contributed by atoms with Gasteiger partial charge in [-0.2, -0.15) is 0 Å². The van der Waals surface area contributed by atoms with Crippen LogP contribution in [0.15, 0.2) is 28.6 Å². The molecular formula is C17H19FN4O2S2. The van der Waals surface area contributed by atoms with Crippen LogP contribution in [0.5, 0.6) is 0 Å². The molecule has 0 unspecified atom stereocenters. The van der Waals surface area contributed by atoms with Gasteiger partial charge in [0.05, 0.1) is 5.75 Å². The number of anilines is 1. The van der Waals surface area contributed by atoms with Crippen LogP contribution in [0, 0.1) is 5.82 Å². The summed E-state index contributed by atoms with van der Waals surface area (Å²) in [4.78, 5) is 25.8. The molecular weight excluding hydrogens is 375 g/mol. The molecule has 1 heterocycles. The first kappa shape index (κ1) is 18.8. The second-order valence-corrected chi connectivity index (χ2v) is 8.03. The molecule has 1 saturated carbocycles. The number of carbonyl (C=O) groups is 2. The van der Waals surface area contributed by atoms with Crippen LogP contribution in [0.1, 0.15) is 31.7 Å². The lowest BCUT2D eigenvalue weighted by Gasteiger charge is -2.17. The van der Waals surface area contributed by atoms with E-state index in [4.69, 9.17) is 0 Å². The number of benzene rings is 1. The monoisotopic (exact) mass is 394 g/mol. The summed E-state index contributed by atoms with van der Waals surface area (Å²) in [6.45, 7) is 1.97. The molecule has 0 aliphatic heterocycles. The third-order valence-corrected chi connectivity index (χ3v) is 5.90. The van der Waals surface area contributed by atoms with Crippen molar-refractivity contribution in [3.05, 3.63) is 35.6 Å². The van der Waals surface area contributed by atoms with Crippen LogP contribution < -0.4 is 10.2 Å². The molecule has 0 atom stereocenters. The van der Waals surface area contributed by atoms with Crippen molar-refractivity contribution >= 4 is 40.0 Å². The highest BCUT2D eigenvalue weighted by atomic mass is 32.2. The summed E-state index contributed by atoms with van der Waals surface area (Å²) in [5, 5.41) is 11.4. The molecule has 0 radical (unpaired) electrons. The number of halogens is 1. The second-order valence-electron chi connectivity index (χ2n) is 5.86. The van der Waals surface area contributed by atoms with E-state index in [0.29, 0.717) is 21.5 Å². The predicted octanol–water partition coefficient (Wildman–Crippen LogP) is 2.99. The first-order chi connectivity index (χ1) is 12.6. The van der Waals surface area contributed by atoms with Crippen molar-refractivity contribution in [3.8, 4) is 0 Å². The Bertz CT molecular complexity index is 795. The molecule has 9 heteroatoms. The van der Waals surface area contributed by atoms with Crippen molar-refractivity contribution in [3.63, 3.8) is 0 Å². The maximum atomic E-state index is 13.5. The Hall–Kier alpha value is -2.00. The Morgan fingerprint density at radius 3 is 2.81 bits per heavy atom. The molecule has 1 aromatic heterocycles. The SMILES string of the molecule is CCC(=O)N(c1nnc(SCC(=O)NCc2ccccc2F)s1)C1CC1. The minimum Gasteiger partial charge on any atom is -0.351 e. The zero-order chi connectivity index (χ0) is 18.5. The van der Waals surface area contributed by atoms with Gasteiger partial charge in [0.25, 0.3) is 0 Å². The van der Waals surface area contributed by atoms with Crippen molar-refractivity contribution in [2.45, 2.75) is 43.1 Å². The van der Waals surface area contributed by atoms with E-state index in [-0.39, 0.29) is 36.0 Å². The number of carbonyl (C=O) groups excluding carboxylic acids is 2. The number of nitrogens with zero attached hydrogens (tertiary/aromatic N) is 3. The van der Waals surface area contributed by atoms with E-state index in [0.717, 1.165) is 12.8 Å². The zero-order valence-electron chi connectivity index (χ0n) is 14.3. The number of rotatable bonds is 8. The smallest absolute Gasteiger partial charge is 0.230 e. The second kappa shape index (κ2) is 8.59. The fraction of sp³-hybridized carbons (Fsp3) is 0.412. The number of hydrogen-bond donors (Lipinski definition) is 1. The molecule has 138 valence electrons. The maximum absolute atomic E-state index is 13.5. The molecule has 3 rings (SSSR count). The number of amides is 2. The molecule has 0 saturated heterocycles. The Kier molecular flexibility index (Phi) is 6.20. The molecule has 26 heavy (non-hydrogen) atoms. The summed E-state index contributed by atoms with van der Waals surface area (Å²) in [7, 11) is 0. The zero-order valence-corrected chi connectivity index (χ0v) is 15.9. The lowest BCUT2D eigenvalue weighted by Crippen LogP contribution is -2.32. The van der Waals surface area contributed by atoms with E-state index in [1.54, 1.807) is 23.1 Å². The summed E-state index contributed by atoms with van der Waals surface area (Å²) < 4.78 is 14.2. The number of nitrogens with one attached hydrogen (secondary N) is 1. The highest BCUT2D eigenvalue weighted by molar-refractivity contribution is 8.01. The van der Waals surface area contributed by atoms with E-state index in [2.05, 4.69) is 15.5 Å². The van der Waals surface area contributed by atoms with Crippen LogP contribution in [0.2, 0.25) is 0 Å². The lowest BCUT2D eigenvalue weighted by atomic mass is 10.2. The molecule has 1 N–H and O–H groups in total. The number of aromatic nitrogens is 2. The molecule has 1 fully saturated rings. The largest absolute Gasteiger partial charge is 0.351 e. The number of thioether (sulfide) groups is 1. The Labute approximate surface area is 159 Å². The van der Waals surface area contributed by atoms with Crippen molar-refractivity contribution in [2.75, 3.05) is 10.7 Å². The first-order valence-corrected chi connectivity index (χ1v) is 10.2. The topological polar surface area (TPSA) is 75.2 Å². The van der Waals surface area contributed by atoms with Gasteiger partial charge in [-0.25, -0.2) is 4.39 Å². The van der Waals surface area contributed by atoms with Gasteiger partial charge >= 0.3 is 0 Å². The minimum absolute atomic E-state index is 0.0443. The van der Waals surface area contributed by atoms with Crippen LogP contribution in [0.3, 0.4) is 0 Å². The first-order valence-electron chi connectivity index (χ1n) is 8.37. The van der Waals surface area contributed by atoms with E-state index >= 15 is 0 Å². The predicted molar refractivity (Wildman–Crippen MR) is 99.7 cm³/mol. The summed E-state index contributed by atoms with van der Waals surface area (Å²) in [6, 6.07) is 6.57. The van der Waals surface area contributed by atoms with Crippen LogP contribution in [0.4, 0.5) is 9.52 Å². The van der Waals surface area contributed by atoms with Crippen LogP contribution in [-0.2, 0) is 16.1 Å². The van der Waals surface area contributed by atoms with Crippen LogP contribution in [0.25, 0.3) is 0 Å².